The van der Waals surface area contributed by atoms with Crippen LogP contribution in [0.1, 0.15) is 11.1 Å². The number of rotatable bonds is 7. The van der Waals surface area contributed by atoms with E-state index in [0.29, 0.717) is 0 Å². The van der Waals surface area contributed by atoms with Crippen molar-refractivity contribution < 1.29 is 9.47 Å². The topological polar surface area (TPSA) is 34.1 Å². The van der Waals surface area contributed by atoms with Crippen LogP contribution in [0.4, 0.5) is 5.69 Å². The molecule has 0 saturated heterocycles. The quantitative estimate of drug-likeness (QED) is 0.419. The summed E-state index contributed by atoms with van der Waals surface area (Å²) in [6.07, 6.45) is 3.83. The summed E-state index contributed by atoms with van der Waals surface area (Å²) >= 11 is 0. The van der Waals surface area contributed by atoms with Crippen LogP contribution < -0.4 is 14.5 Å². The van der Waals surface area contributed by atoms with Gasteiger partial charge in [-0.2, -0.15) is 5.10 Å². The van der Waals surface area contributed by atoms with Gasteiger partial charge >= 0.3 is 0 Å². The third kappa shape index (κ3) is 4.80. The summed E-state index contributed by atoms with van der Waals surface area (Å²) in [5.41, 5.74) is 4.26. The number of hydrazone groups is 1. The number of para-hydroxylation sites is 1. The van der Waals surface area contributed by atoms with Crippen LogP contribution in [0, 0.1) is 0 Å². The molecular formula is C24H24N2O2. The van der Waals surface area contributed by atoms with Crippen molar-refractivity contribution in [3.63, 3.8) is 0 Å². The minimum absolute atomic E-state index is 0.829. The molecule has 0 spiro atoms. The van der Waals surface area contributed by atoms with E-state index in [2.05, 4.69) is 5.10 Å². The molecule has 0 unspecified atom stereocenters. The summed E-state index contributed by atoms with van der Waals surface area (Å²) in [5.74, 6) is 1.66. The van der Waals surface area contributed by atoms with Gasteiger partial charge in [-0.05, 0) is 59.2 Å². The first-order valence-electron chi connectivity index (χ1n) is 9.03. The Balaban J connectivity index is 1.92. The van der Waals surface area contributed by atoms with Crippen molar-refractivity contribution in [1.29, 1.82) is 0 Å². The van der Waals surface area contributed by atoms with Gasteiger partial charge < -0.3 is 9.47 Å². The van der Waals surface area contributed by atoms with E-state index in [-0.39, 0.29) is 0 Å². The highest BCUT2D eigenvalue weighted by Crippen LogP contribution is 2.26. The maximum atomic E-state index is 5.28. The number of nitrogens with zero attached hydrogens (tertiary/aromatic N) is 2. The molecule has 0 amide bonds. The van der Waals surface area contributed by atoms with E-state index >= 15 is 0 Å². The molecule has 3 aromatic rings. The van der Waals surface area contributed by atoms with Gasteiger partial charge in [0.15, 0.2) is 0 Å². The van der Waals surface area contributed by atoms with Gasteiger partial charge in [-0.3, -0.25) is 5.01 Å². The van der Waals surface area contributed by atoms with Gasteiger partial charge in [-0.15, -0.1) is 0 Å². The molecule has 28 heavy (non-hydrogen) atoms. The average molecular weight is 372 g/mol. The van der Waals surface area contributed by atoms with E-state index in [1.54, 1.807) is 14.2 Å². The Morgan fingerprint density at radius 3 is 1.71 bits per heavy atom. The summed E-state index contributed by atoms with van der Waals surface area (Å²) in [6.45, 7) is 0. The van der Waals surface area contributed by atoms with Gasteiger partial charge in [0.1, 0.15) is 11.5 Å². The minimum Gasteiger partial charge on any atom is -0.497 e. The predicted octanol–water partition coefficient (Wildman–Crippen LogP) is 5.26. The Morgan fingerprint density at radius 2 is 1.25 bits per heavy atom. The van der Waals surface area contributed by atoms with Crippen LogP contribution in [0.15, 0.2) is 90.0 Å². The number of hydrogen-bond acceptors (Lipinski definition) is 4. The number of benzene rings is 3. The average Bonchev–Trinajstić information content (AvgIpc) is 2.77. The molecule has 4 heteroatoms. The Bertz CT molecular complexity index is 881. The fourth-order valence-electron chi connectivity index (χ4n) is 2.82. The van der Waals surface area contributed by atoms with Crippen LogP contribution in [0.2, 0.25) is 0 Å². The van der Waals surface area contributed by atoms with Crippen molar-refractivity contribution in [2.75, 3.05) is 26.3 Å². The first-order chi connectivity index (χ1) is 13.7. The highest BCUT2D eigenvalue weighted by molar-refractivity contribution is 5.91. The molecule has 0 aliphatic heterocycles. The van der Waals surface area contributed by atoms with Crippen molar-refractivity contribution >= 4 is 17.5 Å². The molecule has 0 bridgehead atoms. The lowest BCUT2D eigenvalue weighted by molar-refractivity contribution is 0.414. The lowest BCUT2D eigenvalue weighted by Gasteiger charge is -2.12. The van der Waals surface area contributed by atoms with Crippen LogP contribution in [-0.2, 0) is 0 Å². The predicted molar refractivity (Wildman–Crippen MR) is 116 cm³/mol. The second-order valence-electron chi connectivity index (χ2n) is 6.16. The zero-order chi connectivity index (χ0) is 19.8. The molecule has 0 aliphatic carbocycles. The van der Waals surface area contributed by atoms with Crippen molar-refractivity contribution in [2.24, 2.45) is 5.10 Å². The Hall–Kier alpha value is -3.53. The smallest absolute Gasteiger partial charge is 0.118 e. The fraction of sp³-hybridized carbons (Fsp3) is 0.125. The number of methoxy groups -OCH3 is 2. The molecule has 0 heterocycles. The molecular weight excluding hydrogens is 348 g/mol. The second-order valence-corrected chi connectivity index (χ2v) is 6.16. The van der Waals surface area contributed by atoms with Crippen molar-refractivity contribution in [2.45, 2.75) is 0 Å². The van der Waals surface area contributed by atoms with Gasteiger partial charge in [-0.25, -0.2) is 0 Å². The van der Waals surface area contributed by atoms with Gasteiger partial charge in [-0.1, -0.05) is 42.5 Å². The molecule has 0 N–H and O–H groups in total. The Labute approximate surface area is 166 Å². The fourth-order valence-corrected chi connectivity index (χ4v) is 2.82. The maximum Gasteiger partial charge on any atom is 0.118 e. The maximum absolute atomic E-state index is 5.28. The third-order valence-electron chi connectivity index (χ3n) is 4.41. The van der Waals surface area contributed by atoms with E-state index in [9.17, 15) is 0 Å². The third-order valence-corrected chi connectivity index (χ3v) is 4.41. The number of anilines is 1. The van der Waals surface area contributed by atoms with Crippen molar-refractivity contribution in [3.05, 3.63) is 96.1 Å². The summed E-state index contributed by atoms with van der Waals surface area (Å²) in [4.78, 5) is 0. The standard InChI is InChI=1S/C24H24N2O2/c1-26(21-7-5-4-6-8-21)25-18-17-24(19-9-13-22(27-2)14-10-19)20-11-15-23(28-3)16-12-20/h4-18H,1-3H3/b25-18-. The Kier molecular flexibility index (Phi) is 6.47. The normalized spacial score (nSPS) is 10.5. The molecule has 0 fully saturated rings. The lowest BCUT2D eigenvalue weighted by atomic mass is 9.97. The number of hydrogen-bond donors (Lipinski definition) is 0. The van der Waals surface area contributed by atoms with Gasteiger partial charge in [0.2, 0.25) is 0 Å². The van der Waals surface area contributed by atoms with E-state index in [1.165, 1.54) is 0 Å². The highest BCUT2D eigenvalue weighted by Gasteiger charge is 2.06. The minimum atomic E-state index is 0.829. The lowest BCUT2D eigenvalue weighted by Crippen LogP contribution is -2.07. The zero-order valence-corrected chi connectivity index (χ0v) is 16.4. The number of ether oxygens (including phenoxy) is 2. The molecule has 0 atom stereocenters. The second kappa shape index (κ2) is 9.42. The Morgan fingerprint density at radius 1 is 0.750 bits per heavy atom. The van der Waals surface area contributed by atoms with Crippen molar-refractivity contribution in [1.82, 2.24) is 0 Å². The van der Waals surface area contributed by atoms with Crippen LogP contribution in [-0.4, -0.2) is 27.5 Å². The van der Waals surface area contributed by atoms with Crippen molar-refractivity contribution in [3.8, 4) is 11.5 Å². The molecule has 0 radical (unpaired) electrons. The first kappa shape index (κ1) is 19.2. The SMILES string of the molecule is COc1ccc(C(=C/C=N\N(C)c2ccccc2)c2ccc(OC)cc2)cc1. The van der Waals surface area contributed by atoms with E-state index in [1.807, 2.05) is 103 Å². The summed E-state index contributed by atoms with van der Waals surface area (Å²) in [7, 11) is 5.27. The van der Waals surface area contributed by atoms with Gasteiger partial charge in [0.25, 0.3) is 0 Å². The molecule has 0 saturated carbocycles. The van der Waals surface area contributed by atoms with Crippen LogP contribution in [0.25, 0.3) is 5.57 Å². The molecule has 142 valence electrons. The van der Waals surface area contributed by atoms with E-state index in [0.717, 1.165) is 33.9 Å². The van der Waals surface area contributed by atoms with Crippen LogP contribution in [0.3, 0.4) is 0 Å². The molecule has 3 rings (SSSR count). The number of allylic oxidation sites excluding steroid dienone is 1. The van der Waals surface area contributed by atoms with Gasteiger partial charge in [0, 0.05) is 13.3 Å². The monoisotopic (exact) mass is 372 g/mol. The van der Waals surface area contributed by atoms with Gasteiger partial charge in [0.05, 0.1) is 19.9 Å². The van der Waals surface area contributed by atoms with E-state index in [4.69, 9.17) is 9.47 Å². The first-order valence-corrected chi connectivity index (χ1v) is 9.03. The van der Waals surface area contributed by atoms with Crippen LogP contribution >= 0.6 is 0 Å². The summed E-state index contributed by atoms with van der Waals surface area (Å²) < 4.78 is 10.6. The summed E-state index contributed by atoms with van der Waals surface area (Å²) in [6, 6.07) is 26.0. The largest absolute Gasteiger partial charge is 0.497 e. The molecule has 3 aromatic carbocycles. The van der Waals surface area contributed by atoms with E-state index < -0.39 is 0 Å². The highest BCUT2D eigenvalue weighted by atomic mass is 16.5. The molecule has 0 aliphatic rings. The summed E-state index contributed by atoms with van der Waals surface area (Å²) in [5, 5.41) is 6.38. The molecule has 0 aromatic heterocycles. The molecule has 4 nitrogen and oxygen atoms in total. The zero-order valence-electron chi connectivity index (χ0n) is 16.4. The van der Waals surface area contributed by atoms with Crippen LogP contribution in [0.5, 0.6) is 11.5 Å².